The summed E-state index contributed by atoms with van der Waals surface area (Å²) in [6, 6.07) is 4.88. The number of aromatic nitrogens is 2. The molecule has 0 spiro atoms. The number of nitrogens with one attached hydrogen (secondary N) is 1. The van der Waals surface area contributed by atoms with E-state index >= 15 is 0 Å². The van der Waals surface area contributed by atoms with E-state index in [-0.39, 0.29) is 11.9 Å². The highest BCUT2D eigenvalue weighted by atomic mass is 79.9. The number of hydrogen-bond donors (Lipinski definition) is 1. The summed E-state index contributed by atoms with van der Waals surface area (Å²) in [5.74, 6) is -0.218. The maximum Gasteiger partial charge on any atom is 0.123 e. The fraction of sp³-hybridized carbons (Fsp3) is 0.308. The maximum atomic E-state index is 13.1. The molecule has 5 heteroatoms. The second-order valence-electron chi connectivity index (χ2n) is 4.29. The number of hydrogen-bond acceptors (Lipinski definition) is 2. The molecule has 0 aliphatic carbocycles. The third-order valence-corrected chi connectivity index (χ3v) is 3.60. The minimum atomic E-state index is -0.218. The average molecular weight is 312 g/mol. The van der Waals surface area contributed by atoms with Gasteiger partial charge in [-0.1, -0.05) is 15.9 Å². The van der Waals surface area contributed by atoms with Crippen LogP contribution in [0, 0.1) is 5.82 Å². The molecule has 0 fully saturated rings. The van der Waals surface area contributed by atoms with E-state index in [1.165, 1.54) is 12.1 Å². The lowest BCUT2D eigenvalue weighted by Crippen LogP contribution is -2.18. The second-order valence-corrected chi connectivity index (χ2v) is 5.14. The van der Waals surface area contributed by atoms with Crippen molar-refractivity contribution in [1.82, 2.24) is 15.1 Å². The first-order valence-corrected chi connectivity index (χ1v) is 6.51. The van der Waals surface area contributed by atoms with Crippen LogP contribution < -0.4 is 5.32 Å². The quantitative estimate of drug-likeness (QED) is 0.940. The molecule has 1 unspecified atom stereocenters. The number of halogens is 2. The molecule has 2 aromatic rings. The van der Waals surface area contributed by atoms with Crippen molar-refractivity contribution in [3.8, 4) is 0 Å². The number of benzene rings is 1. The highest BCUT2D eigenvalue weighted by Crippen LogP contribution is 2.19. The van der Waals surface area contributed by atoms with E-state index in [0.29, 0.717) is 6.54 Å². The third-order valence-electron chi connectivity index (χ3n) is 2.83. The van der Waals surface area contributed by atoms with Gasteiger partial charge in [-0.25, -0.2) is 4.39 Å². The van der Waals surface area contributed by atoms with Gasteiger partial charge in [0.05, 0.1) is 6.20 Å². The third kappa shape index (κ3) is 3.17. The van der Waals surface area contributed by atoms with Gasteiger partial charge in [0, 0.05) is 35.9 Å². The summed E-state index contributed by atoms with van der Waals surface area (Å²) in [6.07, 6.45) is 3.80. The Morgan fingerprint density at radius 3 is 2.94 bits per heavy atom. The van der Waals surface area contributed by atoms with Gasteiger partial charge in [0.25, 0.3) is 0 Å². The summed E-state index contributed by atoms with van der Waals surface area (Å²) < 4.78 is 15.8. The predicted octanol–water partition coefficient (Wildman–Crippen LogP) is 3.17. The monoisotopic (exact) mass is 311 g/mol. The fourth-order valence-corrected chi connectivity index (χ4v) is 2.11. The Bertz CT molecular complexity index is 539. The Balaban J connectivity index is 2.01. The van der Waals surface area contributed by atoms with Gasteiger partial charge in [-0.05, 0) is 30.7 Å². The molecule has 0 radical (unpaired) electrons. The number of nitrogens with zero attached hydrogens (tertiary/aromatic N) is 2. The maximum absolute atomic E-state index is 13.1. The van der Waals surface area contributed by atoms with E-state index in [0.717, 1.165) is 15.6 Å². The van der Waals surface area contributed by atoms with Crippen molar-refractivity contribution in [3.63, 3.8) is 0 Å². The van der Waals surface area contributed by atoms with E-state index in [1.807, 2.05) is 19.4 Å². The number of rotatable bonds is 4. The molecular formula is C13H15BrFN3. The molecule has 0 aliphatic rings. The average Bonchev–Trinajstić information content (AvgIpc) is 2.77. The Morgan fingerprint density at radius 1 is 1.50 bits per heavy atom. The Kier molecular flexibility index (Phi) is 4.14. The van der Waals surface area contributed by atoms with Gasteiger partial charge >= 0.3 is 0 Å². The van der Waals surface area contributed by atoms with Gasteiger partial charge in [-0.2, -0.15) is 5.10 Å². The first-order chi connectivity index (χ1) is 8.56. The Labute approximate surface area is 114 Å². The van der Waals surface area contributed by atoms with Gasteiger partial charge in [-0.3, -0.25) is 4.68 Å². The van der Waals surface area contributed by atoms with Crippen molar-refractivity contribution in [3.05, 3.63) is 52.0 Å². The van der Waals surface area contributed by atoms with Crippen LogP contribution in [-0.4, -0.2) is 9.78 Å². The number of aryl methyl sites for hydroxylation is 1. The normalized spacial score (nSPS) is 12.7. The fourth-order valence-electron chi connectivity index (χ4n) is 1.72. The first-order valence-electron chi connectivity index (χ1n) is 5.72. The zero-order chi connectivity index (χ0) is 13.1. The van der Waals surface area contributed by atoms with Crippen LogP contribution in [-0.2, 0) is 13.6 Å². The lowest BCUT2D eigenvalue weighted by Gasteiger charge is -2.13. The summed E-state index contributed by atoms with van der Waals surface area (Å²) in [5, 5.41) is 7.48. The molecule has 0 amide bonds. The van der Waals surface area contributed by atoms with Gasteiger partial charge < -0.3 is 5.32 Å². The Hall–Kier alpha value is -1.20. The highest BCUT2D eigenvalue weighted by molar-refractivity contribution is 9.10. The first kappa shape index (κ1) is 13.2. The lowest BCUT2D eigenvalue weighted by atomic mass is 10.1. The molecule has 1 atom stereocenters. The molecule has 1 aromatic carbocycles. The van der Waals surface area contributed by atoms with Crippen LogP contribution in [0.25, 0.3) is 0 Å². The van der Waals surface area contributed by atoms with Crippen molar-refractivity contribution in [2.75, 3.05) is 0 Å². The van der Waals surface area contributed by atoms with Crippen LogP contribution >= 0.6 is 15.9 Å². The molecule has 0 aliphatic heterocycles. The van der Waals surface area contributed by atoms with Crippen molar-refractivity contribution < 1.29 is 4.39 Å². The minimum absolute atomic E-state index is 0.175. The van der Waals surface area contributed by atoms with E-state index in [1.54, 1.807) is 10.7 Å². The van der Waals surface area contributed by atoms with E-state index in [4.69, 9.17) is 0 Å². The van der Waals surface area contributed by atoms with Crippen LogP contribution in [0.15, 0.2) is 35.1 Å². The summed E-state index contributed by atoms with van der Waals surface area (Å²) >= 11 is 3.42. The molecular weight excluding hydrogens is 297 g/mol. The van der Waals surface area contributed by atoms with E-state index in [9.17, 15) is 4.39 Å². The predicted molar refractivity (Wildman–Crippen MR) is 72.6 cm³/mol. The zero-order valence-corrected chi connectivity index (χ0v) is 11.9. The molecule has 1 heterocycles. The molecule has 0 bridgehead atoms. The van der Waals surface area contributed by atoms with Crippen molar-refractivity contribution in [1.29, 1.82) is 0 Å². The standard InChI is InChI=1S/C13H15BrFN3/c1-9(11-7-17-18(2)8-11)16-6-10-5-12(15)3-4-13(10)14/h3-5,7-9,16H,6H2,1-2H3. The van der Waals surface area contributed by atoms with Crippen molar-refractivity contribution in [2.45, 2.75) is 19.5 Å². The van der Waals surface area contributed by atoms with Gasteiger partial charge in [0.1, 0.15) is 5.82 Å². The highest BCUT2D eigenvalue weighted by Gasteiger charge is 2.08. The molecule has 2 rings (SSSR count). The summed E-state index contributed by atoms with van der Waals surface area (Å²) in [7, 11) is 1.89. The summed E-state index contributed by atoms with van der Waals surface area (Å²) in [6.45, 7) is 2.67. The molecule has 3 nitrogen and oxygen atoms in total. The van der Waals surface area contributed by atoms with Crippen LogP contribution in [0.4, 0.5) is 4.39 Å². The lowest BCUT2D eigenvalue weighted by molar-refractivity contribution is 0.567. The summed E-state index contributed by atoms with van der Waals surface area (Å²) in [5.41, 5.74) is 2.02. The van der Waals surface area contributed by atoms with Gasteiger partial charge in [0.2, 0.25) is 0 Å². The van der Waals surface area contributed by atoms with Crippen LogP contribution in [0.5, 0.6) is 0 Å². The molecule has 0 saturated carbocycles. The van der Waals surface area contributed by atoms with Crippen molar-refractivity contribution >= 4 is 15.9 Å². The summed E-state index contributed by atoms with van der Waals surface area (Å²) in [4.78, 5) is 0. The molecule has 96 valence electrons. The van der Waals surface area contributed by atoms with Crippen LogP contribution in [0.1, 0.15) is 24.1 Å². The second kappa shape index (κ2) is 5.63. The van der Waals surface area contributed by atoms with Crippen LogP contribution in [0.2, 0.25) is 0 Å². The molecule has 18 heavy (non-hydrogen) atoms. The minimum Gasteiger partial charge on any atom is -0.306 e. The smallest absolute Gasteiger partial charge is 0.123 e. The van der Waals surface area contributed by atoms with Crippen LogP contribution in [0.3, 0.4) is 0 Å². The van der Waals surface area contributed by atoms with Gasteiger partial charge in [0.15, 0.2) is 0 Å². The molecule has 0 saturated heterocycles. The molecule has 1 N–H and O–H groups in total. The van der Waals surface area contributed by atoms with E-state index in [2.05, 4.69) is 33.3 Å². The van der Waals surface area contributed by atoms with E-state index < -0.39 is 0 Å². The SMILES string of the molecule is CC(NCc1cc(F)ccc1Br)c1cnn(C)c1. The topological polar surface area (TPSA) is 29.9 Å². The molecule has 1 aromatic heterocycles. The Morgan fingerprint density at radius 2 is 2.28 bits per heavy atom. The zero-order valence-electron chi connectivity index (χ0n) is 10.3. The van der Waals surface area contributed by atoms with Gasteiger partial charge in [-0.15, -0.1) is 0 Å². The largest absolute Gasteiger partial charge is 0.306 e. The van der Waals surface area contributed by atoms with Crippen molar-refractivity contribution in [2.24, 2.45) is 7.05 Å².